The molecule has 1 atom stereocenters. The second kappa shape index (κ2) is 4.37. The van der Waals surface area contributed by atoms with Crippen LogP contribution >= 0.6 is 11.8 Å². The van der Waals surface area contributed by atoms with Crippen LogP contribution in [0, 0.1) is 19.8 Å². The lowest BCUT2D eigenvalue weighted by molar-refractivity contribution is 0.773. The van der Waals surface area contributed by atoms with E-state index in [1.54, 1.807) is 0 Å². The second-order valence-corrected chi connectivity index (χ2v) is 6.37. The maximum absolute atomic E-state index is 4.60. The molecule has 3 heteroatoms. The van der Waals surface area contributed by atoms with Gasteiger partial charge in [-0.15, -0.1) is 0 Å². The monoisotopic (exact) mass is 246 g/mol. The zero-order chi connectivity index (χ0) is 11.8. The Hall–Kier alpha value is -0.960. The summed E-state index contributed by atoms with van der Waals surface area (Å²) in [6.45, 7) is 5.27. The molecule has 0 radical (unpaired) electrons. The van der Waals surface area contributed by atoms with Crippen LogP contribution < -0.4 is 5.32 Å². The molecule has 1 aliphatic carbocycles. The zero-order valence-corrected chi connectivity index (χ0v) is 11.2. The van der Waals surface area contributed by atoms with Crippen molar-refractivity contribution < 1.29 is 0 Å². The third kappa shape index (κ3) is 2.65. The number of benzene rings is 1. The van der Waals surface area contributed by atoms with E-state index in [0.717, 1.165) is 22.9 Å². The van der Waals surface area contributed by atoms with Gasteiger partial charge >= 0.3 is 0 Å². The Morgan fingerprint density at radius 3 is 2.53 bits per heavy atom. The number of thioether (sulfide) groups is 1. The van der Waals surface area contributed by atoms with E-state index in [1.165, 1.54) is 29.7 Å². The van der Waals surface area contributed by atoms with Gasteiger partial charge in [0.25, 0.3) is 0 Å². The van der Waals surface area contributed by atoms with Crippen LogP contribution in [0.4, 0.5) is 5.69 Å². The van der Waals surface area contributed by atoms with Gasteiger partial charge in [0.2, 0.25) is 0 Å². The fourth-order valence-electron chi connectivity index (χ4n) is 2.34. The van der Waals surface area contributed by atoms with Crippen molar-refractivity contribution in [1.29, 1.82) is 0 Å². The third-order valence-corrected chi connectivity index (χ3v) is 4.59. The van der Waals surface area contributed by atoms with Gasteiger partial charge in [0.05, 0.1) is 6.54 Å². The molecule has 0 saturated heterocycles. The van der Waals surface area contributed by atoms with Gasteiger partial charge in [-0.3, -0.25) is 4.99 Å². The van der Waals surface area contributed by atoms with Crippen LogP contribution in [0.2, 0.25) is 0 Å². The molecule has 1 aromatic carbocycles. The van der Waals surface area contributed by atoms with Gasteiger partial charge in [-0.2, -0.15) is 0 Å². The van der Waals surface area contributed by atoms with E-state index in [2.05, 4.69) is 42.4 Å². The molecule has 0 bridgehead atoms. The lowest BCUT2D eigenvalue weighted by Gasteiger charge is -2.09. The van der Waals surface area contributed by atoms with Crippen molar-refractivity contribution in [2.75, 3.05) is 11.9 Å². The minimum atomic E-state index is 0.739. The van der Waals surface area contributed by atoms with Gasteiger partial charge in [-0.25, -0.2) is 0 Å². The second-order valence-electron chi connectivity index (χ2n) is 5.14. The third-order valence-electron chi connectivity index (χ3n) is 3.30. The molecule has 1 unspecified atom stereocenters. The number of amidine groups is 1. The molecule has 0 spiro atoms. The summed E-state index contributed by atoms with van der Waals surface area (Å²) in [5.41, 5.74) is 3.77. The van der Waals surface area contributed by atoms with Gasteiger partial charge in [0.1, 0.15) is 0 Å². The zero-order valence-electron chi connectivity index (χ0n) is 10.4. The van der Waals surface area contributed by atoms with Crippen molar-refractivity contribution in [1.82, 2.24) is 0 Å². The molecule has 1 saturated carbocycles. The van der Waals surface area contributed by atoms with E-state index in [1.807, 2.05) is 11.8 Å². The maximum Gasteiger partial charge on any atom is 0.161 e. The van der Waals surface area contributed by atoms with Crippen LogP contribution in [0.3, 0.4) is 0 Å². The van der Waals surface area contributed by atoms with Crippen molar-refractivity contribution in [2.45, 2.75) is 31.9 Å². The minimum Gasteiger partial charge on any atom is -0.335 e. The van der Waals surface area contributed by atoms with E-state index in [9.17, 15) is 0 Å². The van der Waals surface area contributed by atoms with Crippen LogP contribution in [-0.2, 0) is 0 Å². The summed E-state index contributed by atoms with van der Waals surface area (Å²) in [4.78, 5) is 4.60. The first-order valence-electron chi connectivity index (χ1n) is 6.27. The van der Waals surface area contributed by atoms with Crippen LogP contribution in [0.25, 0.3) is 0 Å². The summed E-state index contributed by atoms with van der Waals surface area (Å²) in [5, 5.41) is 5.29. The Morgan fingerprint density at radius 2 is 1.88 bits per heavy atom. The SMILES string of the molecule is Cc1cc(C)cc(NC2=NCC(C3CC3)S2)c1. The largest absolute Gasteiger partial charge is 0.335 e. The number of nitrogens with one attached hydrogen (secondary N) is 1. The highest BCUT2D eigenvalue weighted by molar-refractivity contribution is 8.15. The molecule has 2 nitrogen and oxygen atoms in total. The van der Waals surface area contributed by atoms with E-state index in [-0.39, 0.29) is 0 Å². The molecule has 90 valence electrons. The first kappa shape index (κ1) is 11.1. The average molecular weight is 246 g/mol. The topological polar surface area (TPSA) is 24.4 Å². The van der Waals surface area contributed by atoms with Crippen molar-refractivity contribution in [3.63, 3.8) is 0 Å². The highest BCUT2D eigenvalue weighted by Gasteiger charge is 2.35. The Bertz CT molecular complexity index is 443. The minimum absolute atomic E-state index is 0.739. The molecule has 0 aromatic heterocycles. The molecule has 2 aliphatic rings. The number of hydrogen-bond acceptors (Lipinski definition) is 3. The van der Waals surface area contributed by atoms with E-state index < -0.39 is 0 Å². The first-order chi connectivity index (χ1) is 8.20. The summed E-state index contributed by atoms with van der Waals surface area (Å²) >= 11 is 1.93. The fourth-order valence-corrected chi connectivity index (χ4v) is 3.57. The quantitative estimate of drug-likeness (QED) is 0.862. The lowest BCUT2D eigenvalue weighted by atomic mass is 10.1. The predicted molar refractivity (Wildman–Crippen MR) is 75.9 cm³/mol. The number of aliphatic imine (C=N–C) groups is 1. The van der Waals surface area contributed by atoms with Crippen molar-refractivity contribution >= 4 is 22.6 Å². The highest BCUT2D eigenvalue weighted by atomic mass is 32.2. The number of hydrogen-bond donors (Lipinski definition) is 1. The normalized spacial score (nSPS) is 23.6. The van der Waals surface area contributed by atoms with Crippen LogP contribution in [0.1, 0.15) is 24.0 Å². The summed E-state index contributed by atoms with van der Waals surface area (Å²) in [6.07, 6.45) is 2.81. The highest BCUT2D eigenvalue weighted by Crippen LogP contribution is 2.41. The summed E-state index contributed by atoms with van der Waals surface area (Å²) in [5.74, 6) is 0.933. The van der Waals surface area contributed by atoms with Crippen molar-refractivity contribution in [3.8, 4) is 0 Å². The Kier molecular flexibility index (Phi) is 2.87. The summed E-state index contributed by atoms with van der Waals surface area (Å²) in [6, 6.07) is 6.56. The Balaban J connectivity index is 1.66. The Morgan fingerprint density at radius 1 is 1.18 bits per heavy atom. The molecule has 3 rings (SSSR count). The van der Waals surface area contributed by atoms with Crippen LogP contribution in [-0.4, -0.2) is 17.0 Å². The summed E-state index contributed by atoms with van der Waals surface area (Å²) in [7, 11) is 0. The van der Waals surface area contributed by atoms with Gasteiger partial charge in [0.15, 0.2) is 5.17 Å². The molecule has 1 aliphatic heterocycles. The molecule has 1 N–H and O–H groups in total. The maximum atomic E-state index is 4.60. The lowest BCUT2D eigenvalue weighted by Crippen LogP contribution is -2.09. The molecular formula is C14H18N2S. The Labute approximate surface area is 107 Å². The van der Waals surface area contributed by atoms with Crippen LogP contribution in [0.15, 0.2) is 23.2 Å². The number of aryl methyl sites for hydroxylation is 2. The predicted octanol–water partition coefficient (Wildman–Crippen LogP) is 3.60. The fraction of sp³-hybridized carbons (Fsp3) is 0.500. The van der Waals surface area contributed by atoms with Crippen molar-refractivity contribution in [3.05, 3.63) is 29.3 Å². The first-order valence-corrected chi connectivity index (χ1v) is 7.15. The van der Waals surface area contributed by atoms with E-state index >= 15 is 0 Å². The van der Waals surface area contributed by atoms with E-state index in [4.69, 9.17) is 0 Å². The number of rotatable bonds is 2. The number of anilines is 1. The smallest absolute Gasteiger partial charge is 0.161 e. The molecule has 1 aromatic rings. The van der Waals surface area contributed by atoms with Gasteiger partial charge in [-0.05, 0) is 55.9 Å². The summed E-state index contributed by atoms with van der Waals surface area (Å²) < 4.78 is 0. The van der Waals surface area contributed by atoms with E-state index in [0.29, 0.717) is 0 Å². The van der Waals surface area contributed by atoms with Gasteiger partial charge in [0, 0.05) is 10.9 Å². The molecule has 1 fully saturated rings. The molecule has 1 heterocycles. The number of nitrogens with zero attached hydrogens (tertiary/aromatic N) is 1. The average Bonchev–Trinajstić information content (AvgIpc) is 2.99. The van der Waals surface area contributed by atoms with Gasteiger partial charge < -0.3 is 5.32 Å². The van der Waals surface area contributed by atoms with Gasteiger partial charge in [-0.1, -0.05) is 17.8 Å². The van der Waals surface area contributed by atoms with Crippen molar-refractivity contribution in [2.24, 2.45) is 10.9 Å². The molecule has 0 amide bonds. The standard InChI is InChI=1S/C14H18N2S/c1-9-5-10(2)7-12(6-9)16-14-15-8-13(17-14)11-3-4-11/h5-7,11,13H,3-4,8H2,1-2H3,(H,15,16). The molecular weight excluding hydrogens is 228 g/mol. The van der Waals surface area contributed by atoms with Crippen LogP contribution in [0.5, 0.6) is 0 Å². The molecule has 17 heavy (non-hydrogen) atoms.